The van der Waals surface area contributed by atoms with Crippen molar-refractivity contribution >= 4 is 31.8 Å². The molecule has 28 heavy (non-hydrogen) atoms. The summed E-state index contributed by atoms with van der Waals surface area (Å²) in [5.41, 5.74) is 1.59. The third-order valence-electron chi connectivity index (χ3n) is 3.74. The van der Waals surface area contributed by atoms with Gasteiger partial charge in [0.05, 0.1) is 18.5 Å². The highest BCUT2D eigenvalue weighted by Gasteiger charge is 2.15. The van der Waals surface area contributed by atoms with Crippen LogP contribution in [0.3, 0.4) is 0 Å². The van der Waals surface area contributed by atoms with Gasteiger partial charge >= 0.3 is 0 Å². The first-order valence-corrected chi connectivity index (χ1v) is 8.57. The zero-order valence-corrected chi connectivity index (χ0v) is 16.1. The highest BCUT2D eigenvalue weighted by atomic mass is 35.5. The number of allylic oxidation sites excluding steroid dienone is 2. The van der Waals surface area contributed by atoms with E-state index in [1.807, 2.05) is 0 Å². The summed E-state index contributed by atoms with van der Waals surface area (Å²) < 4.78 is 33.6. The molecule has 0 atom stereocenters. The van der Waals surface area contributed by atoms with Gasteiger partial charge in [-0.2, -0.15) is 0 Å². The van der Waals surface area contributed by atoms with Gasteiger partial charge in [-0.15, -0.1) is 0 Å². The summed E-state index contributed by atoms with van der Waals surface area (Å²) in [5, 5.41) is -0.160. The van der Waals surface area contributed by atoms with Crippen molar-refractivity contribution in [1.82, 2.24) is 9.55 Å². The summed E-state index contributed by atoms with van der Waals surface area (Å²) in [5.74, 6) is -1.51. The van der Waals surface area contributed by atoms with Gasteiger partial charge in [0.2, 0.25) is 0 Å². The van der Waals surface area contributed by atoms with Gasteiger partial charge in [0.1, 0.15) is 30.3 Å². The first-order chi connectivity index (χ1) is 13.2. The molecule has 0 aromatic carbocycles. The molecular formula is C19H17BClF2N3O2. The van der Waals surface area contributed by atoms with Gasteiger partial charge in [0.15, 0.2) is 0 Å². The Kier molecular flexibility index (Phi) is 7.28. The Balaban J connectivity index is 2.25. The second-order valence-electron chi connectivity index (χ2n) is 5.89. The van der Waals surface area contributed by atoms with E-state index < -0.39 is 17.2 Å². The smallest absolute Gasteiger partial charge is 0.277 e. The molecular weight excluding hydrogens is 386 g/mol. The van der Waals surface area contributed by atoms with E-state index in [9.17, 15) is 13.6 Å². The molecule has 0 bridgehead atoms. The van der Waals surface area contributed by atoms with Gasteiger partial charge in [0.25, 0.3) is 5.56 Å². The second-order valence-corrected chi connectivity index (χ2v) is 6.26. The van der Waals surface area contributed by atoms with Crippen molar-refractivity contribution < 1.29 is 13.5 Å². The summed E-state index contributed by atoms with van der Waals surface area (Å²) in [6.45, 7) is 6.42. The predicted molar refractivity (Wildman–Crippen MR) is 108 cm³/mol. The lowest BCUT2D eigenvalue weighted by Gasteiger charge is -2.16. The fourth-order valence-electron chi connectivity index (χ4n) is 2.46. The minimum atomic E-state index is -0.865. The Morgan fingerprint density at radius 3 is 2.82 bits per heavy atom. The lowest BCUT2D eigenvalue weighted by atomic mass is 10.0. The van der Waals surface area contributed by atoms with Crippen molar-refractivity contribution in [2.75, 3.05) is 6.61 Å². The standard InChI is InChI=1S/C19H17BClF2N3O2/c1-11-9-25-17(20)8-15(11)26-12(2)6-16(18(21)19(26)27)28-5-4-13(22)7-14(23)10-24-3/h6-10H,3-5H2,1-2H3/b13-7+,14-10+. The van der Waals surface area contributed by atoms with E-state index in [1.54, 1.807) is 32.2 Å². The van der Waals surface area contributed by atoms with E-state index in [1.165, 1.54) is 4.57 Å². The number of aliphatic imine (C=N–C) groups is 1. The van der Waals surface area contributed by atoms with Crippen molar-refractivity contribution in [3.8, 4) is 11.4 Å². The van der Waals surface area contributed by atoms with Crippen LogP contribution in [0.15, 0.2) is 52.0 Å². The van der Waals surface area contributed by atoms with Crippen LogP contribution in [0.2, 0.25) is 5.02 Å². The van der Waals surface area contributed by atoms with Crippen LogP contribution < -0.4 is 15.9 Å². The molecule has 144 valence electrons. The Bertz CT molecular complexity index is 1020. The number of halogens is 3. The van der Waals surface area contributed by atoms with Crippen molar-refractivity contribution in [2.45, 2.75) is 20.3 Å². The molecule has 0 spiro atoms. The van der Waals surface area contributed by atoms with Crippen molar-refractivity contribution in [1.29, 1.82) is 0 Å². The van der Waals surface area contributed by atoms with Crippen LogP contribution >= 0.6 is 11.6 Å². The lowest BCUT2D eigenvalue weighted by molar-refractivity contribution is 0.309. The molecule has 0 fully saturated rings. The molecule has 0 saturated carbocycles. The maximum Gasteiger partial charge on any atom is 0.277 e. The van der Waals surface area contributed by atoms with Crippen LogP contribution in [-0.2, 0) is 0 Å². The van der Waals surface area contributed by atoms with Crippen LogP contribution in [0.25, 0.3) is 5.69 Å². The average molecular weight is 404 g/mol. The molecule has 0 aliphatic carbocycles. The Labute approximate surface area is 167 Å². The van der Waals surface area contributed by atoms with Crippen molar-refractivity contribution in [3.63, 3.8) is 0 Å². The number of aromatic nitrogens is 2. The highest BCUT2D eigenvalue weighted by molar-refractivity contribution is 6.32. The van der Waals surface area contributed by atoms with E-state index in [4.69, 9.17) is 24.2 Å². The molecule has 5 nitrogen and oxygen atoms in total. The summed E-state index contributed by atoms with van der Waals surface area (Å²) in [6.07, 6.45) is 2.81. The minimum absolute atomic E-state index is 0.108. The Morgan fingerprint density at radius 2 is 2.14 bits per heavy atom. The Hall–Kier alpha value is -2.74. The second kappa shape index (κ2) is 9.46. The molecule has 2 aromatic heterocycles. The van der Waals surface area contributed by atoms with Crippen LogP contribution in [0, 0.1) is 13.8 Å². The average Bonchev–Trinajstić information content (AvgIpc) is 2.62. The molecule has 9 heteroatoms. The lowest BCUT2D eigenvalue weighted by Crippen LogP contribution is -2.24. The van der Waals surface area contributed by atoms with Gasteiger partial charge in [-0.1, -0.05) is 11.6 Å². The molecule has 2 aromatic rings. The first kappa shape index (κ1) is 21.6. The molecule has 0 N–H and O–H groups in total. The zero-order chi connectivity index (χ0) is 20.8. The SMILES string of the molecule is [B]c1cc(-n2c(C)cc(OCC/C(F)=C\C(F)=C/N=C)c(Cl)c2=O)c(C)cn1. The van der Waals surface area contributed by atoms with E-state index in [2.05, 4.69) is 16.7 Å². The molecule has 2 heterocycles. The zero-order valence-electron chi connectivity index (χ0n) is 15.4. The molecule has 0 aliphatic heterocycles. The summed E-state index contributed by atoms with van der Waals surface area (Å²) >= 11 is 6.15. The molecule has 0 aliphatic rings. The number of pyridine rings is 2. The fourth-order valence-corrected chi connectivity index (χ4v) is 2.65. The highest BCUT2D eigenvalue weighted by Crippen LogP contribution is 2.24. The maximum atomic E-state index is 13.6. The summed E-state index contributed by atoms with van der Waals surface area (Å²) in [6, 6.07) is 3.13. The van der Waals surface area contributed by atoms with E-state index in [0.717, 1.165) is 11.8 Å². The molecule has 0 amide bonds. The third-order valence-corrected chi connectivity index (χ3v) is 4.09. The normalized spacial score (nSPS) is 12.2. The van der Waals surface area contributed by atoms with Gasteiger partial charge in [-0.05, 0) is 37.8 Å². The van der Waals surface area contributed by atoms with Gasteiger partial charge < -0.3 is 4.74 Å². The molecule has 2 rings (SSSR count). The predicted octanol–water partition coefficient (Wildman–Crippen LogP) is 3.43. The molecule has 2 radical (unpaired) electrons. The van der Waals surface area contributed by atoms with Gasteiger partial charge in [-0.3, -0.25) is 19.3 Å². The van der Waals surface area contributed by atoms with Crippen LogP contribution in [0.4, 0.5) is 8.78 Å². The van der Waals surface area contributed by atoms with E-state index in [-0.39, 0.29) is 29.4 Å². The monoisotopic (exact) mass is 403 g/mol. The van der Waals surface area contributed by atoms with Gasteiger partial charge in [-0.25, -0.2) is 8.78 Å². The van der Waals surface area contributed by atoms with Crippen molar-refractivity contribution in [2.24, 2.45) is 4.99 Å². The van der Waals surface area contributed by atoms with E-state index >= 15 is 0 Å². The fraction of sp³-hybridized carbons (Fsp3) is 0.211. The third kappa shape index (κ3) is 5.16. The first-order valence-electron chi connectivity index (χ1n) is 8.19. The van der Waals surface area contributed by atoms with Crippen molar-refractivity contribution in [3.05, 3.63) is 68.9 Å². The Morgan fingerprint density at radius 1 is 1.43 bits per heavy atom. The number of hydrogen-bond acceptors (Lipinski definition) is 4. The number of aryl methyl sites for hydroxylation is 2. The number of rotatable bonds is 7. The van der Waals surface area contributed by atoms with Crippen LogP contribution in [-0.4, -0.2) is 30.7 Å². The number of ether oxygens (including phenoxy) is 1. The maximum absolute atomic E-state index is 13.6. The number of nitrogens with zero attached hydrogens (tertiary/aromatic N) is 3. The van der Waals surface area contributed by atoms with Gasteiger partial charge in [0, 0.05) is 30.5 Å². The van der Waals surface area contributed by atoms with E-state index in [0.29, 0.717) is 17.5 Å². The van der Waals surface area contributed by atoms with Crippen LogP contribution in [0.1, 0.15) is 17.7 Å². The number of hydrogen-bond donors (Lipinski definition) is 0. The summed E-state index contributed by atoms with van der Waals surface area (Å²) in [4.78, 5) is 19.9. The topological polar surface area (TPSA) is 56.5 Å². The molecule has 0 saturated heterocycles. The summed E-state index contributed by atoms with van der Waals surface area (Å²) in [7, 11) is 5.72. The largest absolute Gasteiger partial charge is 0.491 e. The molecule has 0 unspecified atom stereocenters. The minimum Gasteiger partial charge on any atom is -0.491 e. The quantitative estimate of drug-likeness (QED) is 0.404. The van der Waals surface area contributed by atoms with Crippen LogP contribution in [0.5, 0.6) is 5.75 Å².